The van der Waals surface area contributed by atoms with Crippen LogP contribution in [0.2, 0.25) is 0 Å². The van der Waals surface area contributed by atoms with Gasteiger partial charge in [-0.05, 0) is 60.9 Å². The highest BCUT2D eigenvalue weighted by Gasteiger charge is 2.34. The Bertz CT molecular complexity index is 1520. The number of para-hydroxylation sites is 1. The van der Waals surface area contributed by atoms with Gasteiger partial charge in [-0.1, -0.05) is 62.7 Å². The molecule has 2 aromatic carbocycles. The number of unbranched alkanes of at least 4 members (excludes halogenated alkanes) is 1. The van der Waals surface area contributed by atoms with E-state index in [0.717, 1.165) is 66.7 Å². The van der Waals surface area contributed by atoms with E-state index in [2.05, 4.69) is 23.4 Å². The van der Waals surface area contributed by atoms with Crippen molar-refractivity contribution in [3.63, 3.8) is 0 Å². The van der Waals surface area contributed by atoms with Crippen molar-refractivity contribution in [2.45, 2.75) is 65.3 Å². The number of amides is 1. The SMILES string of the molecule is CCCCc1nc2c(n1Cc1ccc(-c3ccccc3OC(=O)O)cc1)CC(=NC(=O)C1CC(C)CCC1C=O)C=C2. The third kappa shape index (κ3) is 6.59. The van der Waals surface area contributed by atoms with Crippen LogP contribution < -0.4 is 4.74 Å². The van der Waals surface area contributed by atoms with Crippen molar-refractivity contribution in [1.82, 2.24) is 9.55 Å². The van der Waals surface area contributed by atoms with Crippen LogP contribution in [0, 0.1) is 17.8 Å². The maximum atomic E-state index is 13.2. The number of nitrogens with zero attached hydrogens (tertiary/aromatic N) is 3. The Morgan fingerprint density at radius 1 is 1.12 bits per heavy atom. The maximum Gasteiger partial charge on any atom is 0.511 e. The van der Waals surface area contributed by atoms with E-state index in [4.69, 9.17) is 14.8 Å². The molecule has 0 bridgehead atoms. The van der Waals surface area contributed by atoms with E-state index < -0.39 is 6.16 Å². The number of aldehydes is 1. The average Bonchev–Trinajstić information content (AvgIpc) is 3.32. The summed E-state index contributed by atoms with van der Waals surface area (Å²) in [6.45, 7) is 4.90. The van der Waals surface area contributed by atoms with Gasteiger partial charge >= 0.3 is 6.16 Å². The minimum atomic E-state index is -1.35. The molecule has 1 amide bonds. The van der Waals surface area contributed by atoms with Crippen LogP contribution in [0.4, 0.5) is 4.79 Å². The van der Waals surface area contributed by atoms with E-state index in [9.17, 15) is 14.4 Å². The van der Waals surface area contributed by atoms with Gasteiger partial charge in [-0.15, -0.1) is 0 Å². The maximum absolute atomic E-state index is 13.2. The van der Waals surface area contributed by atoms with Gasteiger partial charge < -0.3 is 19.2 Å². The highest BCUT2D eigenvalue weighted by atomic mass is 16.7. The number of hydrogen-bond acceptors (Lipinski definition) is 5. The lowest BCUT2D eigenvalue weighted by molar-refractivity contribution is -0.128. The van der Waals surface area contributed by atoms with Crippen molar-refractivity contribution >= 4 is 30.1 Å². The summed E-state index contributed by atoms with van der Waals surface area (Å²) >= 11 is 0. The number of ether oxygens (including phenoxy) is 1. The van der Waals surface area contributed by atoms with Crippen molar-refractivity contribution < 1.29 is 24.2 Å². The molecule has 1 heterocycles. The monoisotopic (exact) mass is 567 g/mol. The number of carbonyl (C=O) groups excluding carboxylic acids is 2. The first-order valence-corrected chi connectivity index (χ1v) is 14.8. The fourth-order valence-corrected chi connectivity index (χ4v) is 6.01. The molecule has 0 radical (unpaired) electrons. The van der Waals surface area contributed by atoms with E-state index in [1.54, 1.807) is 12.1 Å². The highest BCUT2D eigenvalue weighted by molar-refractivity contribution is 6.07. The molecule has 3 atom stereocenters. The summed E-state index contributed by atoms with van der Waals surface area (Å²) in [6.07, 6.45) is 9.26. The number of benzene rings is 2. The topological polar surface area (TPSA) is 111 Å². The molecular formula is C34H37N3O5. The number of carbonyl (C=O) groups is 3. The second-order valence-electron chi connectivity index (χ2n) is 11.4. The second-order valence-corrected chi connectivity index (χ2v) is 11.4. The summed E-state index contributed by atoms with van der Waals surface area (Å²) < 4.78 is 7.21. The van der Waals surface area contributed by atoms with Gasteiger partial charge in [0.1, 0.15) is 17.9 Å². The van der Waals surface area contributed by atoms with Crippen molar-refractivity contribution in [1.29, 1.82) is 0 Å². The Morgan fingerprint density at radius 3 is 2.64 bits per heavy atom. The normalized spacial score (nSPS) is 20.7. The minimum absolute atomic E-state index is 0.193. The van der Waals surface area contributed by atoms with Crippen LogP contribution in [0.3, 0.4) is 0 Å². The van der Waals surface area contributed by atoms with Gasteiger partial charge in [0.15, 0.2) is 0 Å². The van der Waals surface area contributed by atoms with Gasteiger partial charge in [-0.3, -0.25) is 4.79 Å². The number of carboxylic acid groups (broad SMARTS) is 1. The van der Waals surface area contributed by atoms with Crippen LogP contribution in [0.15, 0.2) is 59.6 Å². The van der Waals surface area contributed by atoms with Gasteiger partial charge in [-0.25, -0.2) is 14.8 Å². The van der Waals surface area contributed by atoms with E-state index in [1.807, 2.05) is 48.6 Å². The molecule has 218 valence electrons. The van der Waals surface area contributed by atoms with Gasteiger partial charge in [0, 0.05) is 36.8 Å². The van der Waals surface area contributed by atoms with Crippen molar-refractivity contribution in [2.24, 2.45) is 22.7 Å². The van der Waals surface area contributed by atoms with Gasteiger partial charge in [0.05, 0.1) is 17.1 Å². The standard InChI is InChI=1S/C34H37N3O5/c1-3-4-9-32-36-29-17-16-26(35-33(39)28-18-22(2)10-13-25(28)21-38)19-30(29)37(32)20-23-11-14-24(15-12-23)27-7-5-6-8-31(27)42-34(40)41/h5-8,11-12,14-17,21-22,25,28H,3-4,9-10,13,18-20H2,1-2H3,(H,40,41). The number of hydrogen-bond donors (Lipinski definition) is 1. The smallest absolute Gasteiger partial charge is 0.449 e. The molecule has 1 aromatic heterocycles. The Balaban J connectivity index is 1.39. The average molecular weight is 568 g/mol. The molecule has 42 heavy (non-hydrogen) atoms. The summed E-state index contributed by atoms with van der Waals surface area (Å²) in [5, 5.41) is 9.10. The quantitative estimate of drug-likeness (QED) is 0.173. The molecule has 1 saturated carbocycles. The molecule has 1 fully saturated rings. The molecule has 2 aliphatic carbocycles. The lowest BCUT2D eigenvalue weighted by atomic mass is 9.75. The molecule has 0 saturated heterocycles. The highest BCUT2D eigenvalue weighted by Crippen LogP contribution is 2.34. The zero-order chi connectivity index (χ0) is 29.6. The molecule has 0 spiro atoms. The number of fused-ring (bicyclic) bond motifs is 1. The van der Waals surface area contributed by atoms with Crippen LogP contribution in [-0.2, 0) is 29.0 Å². The molecule has 0 aliphatic heterocycles. The van der Waals surface area contributed by atoms with Crippen molar-refractivity contribution in [3.8, 4) is 16.9 Å². The minimum Gasteiger partial charge on any atom is -0.449 e. The first-order valence-electron chi connectivity index (χ1n) is 14.8. The van der Waals surface area contributed by atoms with E-state index in [-0.39, 0.29) is 17.7 Å². The third-order valence-electron chi connectivity index (χ3n) is 8.32. The van der Waals surface area contributed by atoms with Crippen LogP contribution in [0.5, 0.6) is 5.75 Å². The Morgan fingerprint density at radius 2 is 1.90 bits per heavy atom. The first-order chi connectivity index (χ1) is 20.4. The number of aryl methyl sites for hydroxylation is 1. The second kappa shape index (κ2) is 13.1. The van der Waals surface area contributed by atoms with Crippen molar-refractivity contribution in [3.05, 3.63) is 77.4 Å². The third-order valence-corrected chi connectivity index (χ3v) is 8.32. The molecule has 1 N–H and O–H groups in total. The number of aliphatic imine (C=N–C) groups is 1. The lowest BCUT2D eigenvalue weighted by Crippen LogP contribution is -2.31. The molecule has 2 aliphatic rings. The molecule has 8 heteroatoms. The van der Waals surface area contributed by atoms with E-state index >= 15 is 0 Å². The molecule has 3 unspecified atom stereocenters. The van der Waals surface area contributed by atoms with Crippen LogP contribution in [-0.4, -0.2) is 38.7 Å². The molecule has 8 nitrogen and oxygen atoms in total. The molecule has 3 aromatic rings. The van der Waals surface area contributed by atoms with Crippen LogP contribution in [0.25, 0.3) is 17.2 Å². The summed E-state index contributed by atoms with van der Waals surface area (Å²) in [6, 6.07) is 15.1. The van der Waals surface area contributed by atoms with Gasteiger partial charge in [0.25, 0.3) is 0 Å². The van der Waals surface area contributed by atoms with E-state index in [1.165, 1.54) is 0 Å². The first kappa shape index (κ1) is 29.2. The van der Waals surface area contributed by atoms with Crippen LogP contribution in [0.1, 0.15) is 68.7 Å². The number of allylic oxidation sites excluding steroid dienone is 1. The number of imidazole rings is 1. The zero-order valence-corrected chi connectivity index (χ0v) is 24.2. The summed E-state index contributed by atoms with van der Waals surface area (Å²) in [5.41, 5.74) is 5.27. The van der Waals surface area contributed by atoms with Gasteiger partial charge in [-0.2, -0.15) is 0 Å². The fraction of sp³-hybridized carbons (Fsp3) is 0.382. The molecule has 5 rings (SSSR count). The van der Waals surface area contributed by atoms with Crippen molar-refractivity contribution in [2.75, 3.05) is 0 Å². The molecular weight excluding hydrogens is 530 g/mol. The number of rotatable bonds is 9. The largest absolute Gasteiger partial charge is 0.511 e. The van der Waals surface area contributed by atoms with Crippen LogP contribution >= 0.6 is 0 Å². The zero-order valence-electron chi connectivity index (χ0n) is 24.2. The number of aromatic nitrogens is 2. The summed E-state index contributed by atoms with van der Waals surface area (Å²) in [4.78, 5) is 45.5. The predicted molar refractivity (Wildman–Crippen MR) is 162 cm³/mol. The Kier molecular flexibility index (Phi) is 9.10. The summed E-state index contributed by atoms with van der Waals surface area (Å²) in [7, 11) is 0. The fourth-order valence-electron chi connectivity index (χ4n) is 6.01. The Labute approximate surface area is 246 Å². The lowest BCUT2D eigenvalue weighted by Gasteiger charge is -2.29. The Hall–Kier alpha value is -4.33. The van der Waals surface area contributed by atoms with Gasteiger partial charge in [0.2, 0.25) is 5.91 Å². The predicted octanol–water partition coefficient (Wildman–Crippen LogP) is 6.79. The van der Waals surface area contributed by atoms with E-state index in [0.29, 0.717) is 42.3 Å². The summed E-state index contributed by atoms with van der Waals surface area (Å²) in [5.74, 6) is 0.919.